The van der Waals surface area contributed by atoms with Crippen molar-refractivity contribution in [3.05, 3.63) is 63.8 Å². The summed E-state index contributed by atoms with van der Waals surface area (Å²) in [7, 11) is 3.11. The summed E-state index contributed by atoms with van der Waals surface area (Å²) in [5.74, 6) is 0.898. The lowest BCUT2D eigenvalue weighted by Gasteiger charge is -2.07. The second kappa shape index (κ2) is 6.99. The summed E-state index contributed by atoms with van der Waals surface area (Å²) in [6.45, 7) is 1.90. The normalized spacial score (nSPS) is 15.1. The van der Waals surface area contributed by atoms with E-state index in [0.29, 0.717) is 22.1 Å². The van der Waals surface area contributed by atoms with E-state index in [2.05, 4.69) is 4.99 Å². The molecule has 0 spiro atoms. The Labute approximate surface area is 150 Å². The molecule has 1 aliphatic heterocycles. The molecule has 0 radical (unpaired) electrons. The molecule has 3 rings (SSSR count). The van der Waals surface area contributed by atoms with Crippen LogP contribution >= 0.6 is 11.6 Å². The lowest BCUT2D eigenvalue weighted by molar-refractivity contribution is -0.129. The van der Waals surface area contributed by atoms with Crippen molar-refractivity contribution in [1.29, 1.82) is 0 Å². The molecule has 2 aromatic rings. The Kier molecular flexibility index (Phi) is 4.76. The van der Waals surface area contributed by atoms with Crippen molar-refractivity contribution in [2.45, 2.75) is 6.92 Å². The molecule has 0 aliphatic carbocycles. The maximum Gasteiger partial charge on any atom is 0.363 e. The van der Waals surface area contributed by atoms with E-state index in [9.17, 15) is 4.79 Å². The molecule has 6 heteroatoms. The van der Waals surface area contributed by atoms with Gasteiger partial charge in [0, 0.05) is 10.6 Å². The molecule has 2 aromatic carbocycles. The summed E-state index contributed by atoms with van der Waals surface area (Å²) in [5.41, 5.74) is 2.55. The topological polar surface area (TPSA) is 57.1 Å². The van der Waals surface area contributed by atoms with Crippen molar-refractivity contribution in [3.63, 3.8) is 0 Å². The first-order valence-corrected chi connectivity index (χ1v) is 7.90. The van der Waals surface area contributed by atoms with E-state index >= 15 is 0 Å². The summed E-state index contributed by atoms with van der Waals surface area (Å²) in [5, 5.41) is 0.591. The zero-order valence-corrected chi connectivity index (χ0v) is 14.8. The van der Waals surface area contributed by atoms with Crippen LogP contribution in [0, 0.1) is 6.92 Å². The van der Waals surface area contributed by atoms with Crippen molar-refractivity contribution in [2.75, 3.05) is 14.2 Å². The third-order valence-electron chi connectivity index (χ3n) is 3.75. The predicted octanol–water partition coefficient (Wildman–Crippen LogP) is 4.01. The Bertz CT molecular complexity index is 902. The molecule has 128 valence electrons. The van der Waals surface area contributed by atoms with Gasteiger partial charge in [-0.25, -0.2) is 9.79 Å². The molecule has 0 amide bonds. The van der Waals surface area contributed by atoms with Gasteiger partial charge in [-0.2, -0.15) is 0 Å². The van der Waals surface area contributed by atoms with Gasteiger partial charge in [0.25, 0.3) is 0 Å². The summed E-state index contributed by atoms with van der Waals surface area (Å²) in [6.07, 6.45) is 1.63. The zero-order chi connectivity index (χ0) is 18.0. The van der Waals surface area contributed by atoms with Crippen LogP contribution in [0.25, 0.3) is 6.08 Å². The highest BCUT2D eigenvalue weighted by atomic mass is 35.5. The minimum absolute atomic E-state index is 0.207. The number of carbonyl (C=O) groups is 1. The van der Waals surface area contributed by atoms with Crippen LogP contribution in [0.5, 0.6) is 11.5 Å². The molecular formula is C19H16ClNO4. The number of nitrogens with zero attached hydrogens (tertiary/aromatic N) is 1. The molecule has 1 heterocycles. The average Bonchev–Trinajstić information content (AvgIpc) is 2.97. The molecule has 0 aromatic heterocycles. The van der Waals surface area contributed by atoms with Gasteiger partial charge >= 0.3 is 5.97 Å². The number of cyclic esters (lactones) is 1. The zero-order valence-electron chi connectivity index (χ0n) is 14.0. The maximum atomic E-state index is 12.1. The van der Waals surface area contributed by atoms with E-state index in [1.807, 2.05) is 19.1 Å². The molecule has 0 bridgehead atoms. The quantitative estimate of drug-likeness (QED) is 0.612. The molecule has 0 saturated carbocycles. The maximum absolute atomic E-state index is 12.1. The van der Waals surface area contributed by atoms with Crippen LogP contribution in [0.15, 0.2) is 47.1 Å². The van der Waals surface area contributed by atoms with E-state index in [-0.39, 0.29) is 11.6 Å². The number of rotatable bonds is 4. The number of aryl methyl sites for hydroxylation is 1. The van der Waals surface area contributed by atoms with Crippen LogP contribution in [-0.2, 0) is 9.53 Å². The van der Waals surface area contributed by atoms with Gasteiger partial charge in [0.2, 0.25) is 5.90 Å². The molecule has 0 unspecified atom stereocenters. The molecule has 1 aliphatic rings. The summed E-state index contributed by atoms with van der Waals surface area (Å²) >= 11 is 6.12. The second-order valence-electron chi connectivity index (χ2n) is 5.41. The molecule has 0 saturated heterocycles. The van der Waals surface area contributed by atoms with E-state index in [4.69, 9.17) is 25.8 Å². The largest absolute Gasteiger partial charge is 0.493 e. The fourth-order valence-corrected chi connectivity index (χ4v) is 2.54. The van der Waals surface area contributed by atoms with Gasteiger partial charge in [-0.05, 0) is 48.4 Å². The first-order chi connectivity index (χ1) is 12.0. The highest BCUT2D eigenvalue weighted by molar-refractivity contribution is 6.31. The van der Waals surface area contributed by atoms with Crippen molar-refractivity contribution in [2.24, 2.45) is 4.99 Å². The van der Waals surface area contributed by atoms with E-state index in [1.165, 1.54) is 0 Å². The number of carbonyl (C=O) groups excluding carboxylic acids is 1. The molecule has 5 nitrogen and oxygen atoms in total. The third kappa shape index (κ3) is 3.51. The van der Waals surface area contributed by atoms with Crippen molar-refractivity contribution < 1.29 is 19.0 Å². The Morgan fingerprint density at radius 2 is 1.84 bits per heavy atom. The summed E-state index contributed by atoms with van der Waals surface area (Å²) in [6, 6.07) is 10.7. The Balaban J connectivity index is 1.94. The molecular weight excluding hydrogens is 342 g/mol. The van der Waals surface area contributed by atoms with Gasteiger partial charge in [-0.3, -0.25) is 0 Å². The molecule has 0 fully saturated rings. The lowest BCUT2D eigenvalue weighted by atomic mass is 10.1. The average molecular weight is 358 g/mol. The number of methoxy groups -OCH3 is 2. The summed E-state index contributed by atoms with van der Waals surface area (Å²) in [4.78, 5) is 16.4. The van der Waals surface area contributed by atoms with Crippen LogP contribution in [0.3, 0.4) is 0 Å². The lowest BCUT2D eigenvalue weighted by Crippen LogP contribution is -2.05. The minimum atomic E-state index is -0.513. The molecule has 0 N–H and O–H groups in total. The van der Waals surface area contributed by atoms with Gasteiger partial charge in [0.15, 0.2) is 17.2 Å². The Morgan fingerprint density at radius 1 is 1.08 bits per heavy atom. The monoisotopic (exact) mass is 357 g/mol. The standard InChI is InChI=1S/C19H16ClNO4/c1-11-4-6-13(10-14(11)20)18-21-15(19(22)25-18)8-12-5-7-16(23-2)17(9-12)24-3/h4-10H,1-3H3/b15-8-. The number of hydrogen-bond acceptors (Lipinski definition) is 5. The van der Waals surface area contributed by atoms with Gasteiger partial charge in [-0.15, -0.1) is 0 Å². The van der Waals surface area contributed by atoms with Crippen LogP contribution in [0.2, 0.25) is 5.02 Å². The predicted molar refractivity (Wildman–Crippen MR) is 96.3 cm³/mol. The second-order valence-corrected chi connectivity index (χ2v) is 5.82. The fraction of sp³-hybridized carbons (Fsp3) is 0.158. The summed E-state index contributed by atoms with van der Waals surface area (Å²) < 4.78 is 15.7. The van der Waals surface area contributed by atoms with Gasteiger partial charge < -0.3 is 14.2 Å². The van der Waals surface area contributed by atoms with E-state index < -0.39 is 5.97 Å². The van der Waals surface area contributed by atoms with Crippen molar-refractivity contribution in [3.8, 4) is 11.5 Å². The Hall–Kier alpha value is -2.79. The highest BCUT2D eigenvalue weighted by Gasteiger charge is 2.24. The smallest absolute Gasteiger partial charge is 0.363 e. The highest BCUT2D eigenvalue weighted by Crippen LogP contribution is 2.29. The Morgan fingerprint density at radius 3 is 2.52 bits per heavy atom. The van der Waals surface area contributed by atoms with Crippen molar-refractivity contribution >= 4 is 29.5 Å². The van der Waals surface area contributed by atoms with Crippen LogP contribution in [0.1, 0.15) is 16.7 Å². The first-order valence-electron chi connectivity index (χ1n) is 7.53. The SMILES string of the molecule is COc1ccc(/C=C2\N=C(c3ccc(C)c(Cl)c3)OC2=O)cc1OC. The van der Waals surface area contributed by atoms with Crippen LogP contribution in [0.4, 0.5) is 0 Å². The van der Waals surface area contributed by atoms with Gasteiger partial charge in [0.1, 0.15) is 0 Å². The number of hydrogen-bond donors (Lipinski definition) is 0. The van der Waals surface area contributed by atoms with Crippen LogP contribution in [-0.4, -0.2) is 26.1 Å². The third-order valence-corrected chi connectivity index (χ3v) is 4.16. The number of ether oxygens (including phenoxy) is 3. The van der Waals surface area contributed by atoms with Crippen molar-refractivity contribution in [1.82, 2.24) is 0 Å². The number of halogens is 1. The van der Waals surface area contributed by atoms with Crippen LogP contribution < -0.4 is 9.47 Å². The van der Waals surface area contributed by atoms with E-state index in [1.54, 1.807) is 44.6 Å². The molecule has 0 atom stereocenters. The number of benzene rings is 2. The van der Waals surface area contributed by atoms with E-state index in [0.717, 1.165) is 11.1 Å². The molecule has 25 heavy (non-hydrogen) atoms. The van der Waals surface area contributed by atoms with Gasteiger partial charge in [0.05, 0.1) is 14.2 Å². The van der Waals surface area contributed by atoms with Gasteiger partial charge in [-0.1, -0.05) is 23.7 Å². The minimum Gasteiger partial charge on any atom is -0.493 e. The first kappa shape index (κ1) is 17.0. The number of aliphatic imine (C=N–C) groups is 1. The number of esters is 1. The fourth-order valence-electron chi connectivity index (χ4n) is 2.36.